The van der Waals surface area contributed by atoms with Crippen LogP contribution in [-0.2, 0) is 16.5 Å². The summed E-state index contributed by atoms with van der Waals surface area (Å²) in [5, 5.41) is 0. The summed E-state index contributed by atoms with van der Waals surface area (Å²) in [6.45, 7) is 37.2. The molecule has 0 aliphatic heterocycles. The Labute approximate surface area is 255 Å². The molecule has 0 fully saturated rings. The molecule has 0 rings (SSSR count). The smallest absolute Gasteiger partial charge is 0.300 e. The molecule has 4 nitrogen and oxygen atoms in total. The number of rotatable bonds is 20. The van der Waals surface area contributed by atoms with E-state index < -0.39 is 51.8 Å². The van der Waals surface area contributed by atoms with E-state index >= 15 is 0 Å². The summed E-state index contributed by atoms with van der Waals surface area (Å²) >= 11 is 0. The summed E-state index contributed by atoms with van der Waals surface area (Å²) in [6.07, 6.45) is 16.8. The Morgan fingerprint density at radius 2 is 0.846 bits per heavy atom. The molecule has 0 aliphatic carbocycles. The zero-order valence-corrected chi connectivity index (χ0v) is 35.9. The predicted molar refractivity (Wildman–Crippen MR) is 195 cm³/mol. The molecule has 0 aromatic carbocycles. The molecule has 0 atom stereocenters. The number of hydrogen-bond acceptors (Lipinski definition) is 4. The highest BCUT2D eigenvalue weighted by Gasteiger charge is 2.28. The quantitative estimate of drug-likeness (QED) is 0.0743. The monoisotopic (exact) mass is 654 g/mol. The molecule has 0 N–H and O–H groups in total. The lowest BCUT2D eigenvalue weighted by Gasteiger charge is -2.30. The molecule has 0 saturated carbocycles. The van der Waals surface area contributed by atoms with E-state index in [-0.39, 0.29) is 0 Å². The van der Waals surface area contributed by atoms with Crippen LogP contribution >= 0.6 is 0 Å². The molecule has 0 spiro atoms. The van der Waals surface area contributed by atoms with Gasteiger partial charge in [0.2, 0.25) is 0 Å². The van der Waals surface area contributed by atoms with Gasteiger partial charge in [0, 0.05) is 0 Å². The summed E-state index contributed by atoms with van der Waals surface area (Å²) < 4.78 is 24.5. The van der Waals surface area contributed by atoms with Gasteiger partial charge in [-0.1, -0.05) is 77.7 Å². The van der Waals surface area contributed by atoms with E-state index in [1.165, 1.54) is 76.7 Å². The van der Waals surface area contributed by atoms with Gasteiger partial charge in [-0.25, -0.2) is 0 Å². The third-order valence-electron chi connectivity index (χ3n) is 5.06. The summed E-state index contributed by atoms with van der Waals surface area (Å²) in [5.41, 5.74) is 0. The first-order valence-corrected chi connectivity index (χ1v) is 33.5. The SMILES string of the molecule is C=CCCCCCC.CCCCCCCC[SiH](O[Si](C)(C)C)O[Si](C)(C)C.C[SiH](O[Si](C)(C)C)O[Si](C)(C)C. The summed E-state index contributed by atoms with van der Waals surface area (Å²) in [6, 6.07) is 1.21. The van der Waals surface area contributed by atoms with Crippen molar-refractivity contribution in [2.45, 2.75) is 176 Å². The molecule has 0 saturated heterocycles. The summed E-state index contributed by atoms with van der Waals surface area (Å²) in [7, 11) is -8.35. The molecular formula is C29H74O4Si6. The minimum Gasteiger partial charge on any atom is -0.439 e. The van der Waals surface area contributed by atoms with Gasteiger partial charge in [0.15, 0.2) is 33.3 Å². The first-order chi connectivity index (χ1) is 17.7. The Morgan fingerprint density at radius 3 is 1.18 bits per heavy atom. The molecule has 0 amide bonds. The van der Waals surface area contributed by atoms with Crippen LogP contribution in [0.5, 0.6) is 0 Å². The van der Waals surface area contributed by atoms with E-state index in [0.29, 0.717) is 0 Å². The predicted octanol–water partition coefficient (Wildman–Crippen LogP) is 11.0. The topological polar surface area (TPSA) is 36.9 Å². The minimum absolute atomic E-state index is 1.19. The fourth-order valence-electron chi connectivity index (χ4n) is 3.76. The fraction of sp³-hybridized carbons (Fsp3) is 0.931. The zero-order chi connectivity index (χ0) is 31.2. The highest BCUT2D eigenvalue weighted by molar-refractivity contribution is 6.81. The molecule has 0 aromatic heterocycles. The Balaban J connectivity index is -0.000000552. The van der Waals surface area contributed by atoms with Gasteiger partial charge in [-0.15, -0.1) is 6.58 Å². The van der Waals surface area contributed by atoms with Crippen molar-refractivity contribution in [3.05, 3.63) is 12.7 Å². The maximum atomic E-state index is 6.33. The second kappa shape index (κ2) is 24.3. The Kier molecular flexibility index (Phi) is 27.7. The van der Waals surface area contributed by atoms with Gasteiger partial charge in [-0.05, 0) is 104 Å². The highest BCUT2D eigenvalue weighted by atomic mass is 28.5. The van der Waals surface area contributed by atoms with Crippen molar-refractivity contribution < 1.29 is 16.5 Å². The van der Waals surface area contributed by atoms with Crippen molar-refractivity contribution in [1.29, 1.82) is 0 Å². The van der Waals surface area contributed by atoms with Crippen LogP contribution in [0.1, 0.15) is 84.5 Å². The molecule has 10 heteroatoms. The molecular weight excluding hydrogens is 581 g/mol. The highest BCUT2D eigenvalue weighted by Crippen LogP contribution is 2.18. The average Bonchev–Trinajstić information content (AvgIpc) is 2.69. The lowest BCUT2D eigenvalue weighted by atomic mass is 10.1. The molecule has 0 aromatic rings. The summed E-state index contributed by atoms with van der Waals surface area (Å²) in [5.74, 6) is 0. The van der Waals surface area contributed by atoms with Crippen LogP contribution in [0.15, 0.2) is 12.7 Å². The normalized spacial score (nSPS) is 12.6. The minimum atomic E-state index is -1.44. The Bertz CT molecular complexity index is 520. The third kappa shape index (κ3) is 46.1. The lowest BCUT2D eigenvalue weighted by Crippen LogP contribution is -2.43. The van der Waals surface area contributed by atoms with E-state index in [0.717, 1.165) is 0 Å². The van der Waals surface area contributed by atoms with Crippen LogP contribution in [0.3, 0.4) is 0 Å². The van der Waals surface area contributed by atoms with Gasteiger partial charge in [0.25, 0.3) is 9.28 Å². The van der Waals surface area contributed by atoms with Gasteiger partial charge < -0.3 is 16.5 Å². The molecule has 39 heavy (non-hydrogen) atoms. The molecule has 0 unspecified atom stereocenters. The largest absolute Gasteiger partial charge is 0.439 e. The van der Waals surface area contributed by atoms with Gasteiger partial charge >= 0.3 is 9.28 Å². The van der Waals surface area contributed by atoms with E-state index in [1.807, 2.05) is 6.08 Å². The molecule has 238 valence electrons. The second-order valence-electron chi connectivity index (χ2n) is 14.6. The number of allylic oxidation sites excluding steroid dienone is 1. The van der Waals surface area contributed by atoms with Crippen LogP contribution in [0, 0.1) is 0 Å². The van der Waals surface area contributed by atoms with Crippen molar-refractivity contribution in [2.75, 3.05) is 0 Å². The number of hydrogen-bond donors (Lipinski definition) is 0. The van der Waals surface area contributed by atoms with E-state index in [4.69, 9.17) is 16.5 Å². The number of unbranched alkanes of at least 4 members (excludes halogenated alkanes) is 9. The fourth-order valence-corrected chi connectivity index (χ4v) is 20.8. The molecule has 0 bridgehead atoms. The van der Waals surface area contributed by atoms with Crippen LogP contribution in [-0.4, -0.2) is 51.8 Å². The van der Waals surface area contributed by atoms with E-state index in [9.17, 15) is 0 Å². The van der Waals surface area contributed by atoms with Gasteiger partial charge in [-0.2, -0.15) is 0 Å². The Morgan fingerprint density at radius 1 is 0.513 bits per heavy atom. The molecule has 0 aliphatic rings. The zero-order valence-electron chi connectivity index (χ0n) is 29.6. The Hall–Kier alpha value is 0.881. The van der Waals surface area contributed by atoms with Crippen LogP contribution in [0.2, 0.25) is 91.2 Å². The molecule has 0 heterocycles. The van der Waals surface area contributed by atoms with Gasteiger partial charge in [-0.3, -0.25) is 0 Å². The van der Waals surface area contributed by atoms with Crippen LogP contribution in [0.4, 0.5) is 0 Å². The lowest BCUT2D eigenvalue weighted by molar-refractivity contribution is 0.413. The maximum absolute atomic E-state index is 6.33. The maximum Gasteiger partial charge on any atom is 0.300 e. The van der Waals surface area contributed by atoms with Crippen molar-refractivity contribution in [3.63, 3.8) is 0 Å². The van der Waals surface area contributed by atoms with E-state index in [1.54, 1.807) is 0 Å². The van der Waals surface area contributed by atoms with Crippen molar-refractivity contribution >= 4 is 51.8 Å². The van der Waals surface area contributed by atoms with E-state index in [2.05, 4.69) is 106 Å². The van der Waals surface area contributed by atoms with Gasteiger partial charge in [0.05, 0.1) is 0 Å². The average molecular weight is 655 g/mol. The van der Waals surface area contributed by atoms with Gasteiger partial charge in [0.1, 0.15) is 0 Å². The summed E-state index contributed by atoms with van der Waals surface area (Å²) in [4.78, 5) is 0. The van der Waals surface area contributed by atoms with Crippen molar-refractivity contribution in [2.24, 2.45) is 0 Å². The van der Waals surface area contributed by atoms with Crippen LogP contribution in [0.25, 0.3) is 0 Å². The molecule has 0 radical (unpaired) electrons. The van der Waals surface area contributed by atoms with Crippen LogP contribution < -0.4 is 0 Å². The first kappa shape index (κ1) is 44.3. The standard InChI is InChI=1S/C14H36O2Si3.C8H16.C7H22O2Si3/c1-8-9-10-11-12-13-14-17(15-18(2,3)4)16-19(5,6)7;1-3-5-7-8-6-4-2;1-10(8-11(2,3)4)9-12(5,6)7/h17H,8-14H2,1-7H3;3H,1,4-8H2,2H3;10H,1-7H3. The second-order valence-corrected chi connectivity index (χ2v) is 37.9. The van der Waals surface area contributed by atoms with Crippen molar-refractivity contribution in [3.8, 4) is 0 Å². The first-order valence-electron chi connectivity index (χ1n) is 16.0. The third-order valence-corrected chi connectivity index (χ3v) is 22.0. The van der Waals surface area contributed by atoms with Crippen molar-refractivity contribution in [1.82, 2.24) is 0 Å².